The lowest BCUT2D eigenvalue weighted by atomic mass is 10.8. The second kappa shape index (κ2) is 6.51. The van der Waals surface area contributed by atoms with E-state index in [1.165, 1.54) is 0 Å². The van der Waals surface area contributed by atoms with Crippen molar-refractivity contribution >= 4 is 8.60 Å². The first kappa shape index (κ1) is 9.39. The molecule has 1 heterocycles. The van der Waals surface area contributed by atoms with E-state index in [1.807, 2.05) is 0 Å². The van der Waals surface area contributed by atoms with Crippen molar-refractivity contribution in [2.24, 2.45) is 0 Å². The molecule has 0 fully saturated rings. The van der Waals surface area contributed by atoms with Crippen molar-refractivity contribution in [1.82, 2.24) is 9.97 Å². The van der Waals surface area contributed by atoms with Crippen LogP contribution in [0.25, 0.3) is 0 Å². The van der Waals surface area contributed by atoms with Crippen LogP contribution in [0.15, 0.2) is 24.8 Å². The van der Waals surface area contributed by atoms with Crippen LogP contribution >= 0.6 is 8.60 Å². The molecule has 5 nitrogen and oxygen atoms in total. The number of rotatable bonds is 0. The minimum absolute atomic E-state index is 1.64. The average Bonchev–Trinajstić information content (AvgIpc) is 1.90. The maximum atomic E-state index is 7.23. The fourth-order valence-corrected chi connectivity index (χ4v) is 0.253. The molecule has 3 N–H and O–H groups in total. The summed E-state index contributed by atoms with van der Waals surface area (Å²) in [7, 11) is -2.62. The van der Waals surface area contributed by atoms with Gasteiger partial charge in [-0.05, 0) is 0 Å². The Labute approximate surface area is 59.0 Å². The third kappa shape index (κ3) is 10.4. The molecule has 10 heavy (non-hydrogen) atoms. The zero-order valence-corrected chi connectivity index (χ0v) is 5.89. The standard InChI is InChI=1S/C4H4N2.H3O3P/c1-2-6-4-3-5-1;1-4(2)3/h1-4H;1-3H. The van der Waals surface area contributed by atoms with Gasteiger partial charge in [0.1, 0.15) is 0 Å². The molecule has 0 aliphatic heterocycles. The number of nitrogens with zero attached hydrogens (tertiary/aromatic N) is 2. The van der Waals surface area contributed by atoms with Crippen molar-refractivity contribution in [2.75, 3.05) is 0 Å². The Kier molecular flexibility index (Phi) is 6.11. The molecule has 6 heteroatoms. The Morgan fingerprint density at radius 1 is 0.800 bits per heavy atom. The van der Waals surface area contributed by atoms with E-state index >= 15 is 0 Å². The van der Waals surface area contributed by atoms with Crippen LogP contribution in [0.2, 0.25) is 0 Å². The van der Waals surface area contributed by atoms with Gasteiger partial charge < -0.3 is 14.7 Å². The second-order valence-electron chi connectivity index (χ2n) is 1.16. The quantitative estimate of drug-likeness (QED) is 0.454. The minimum atomic E-state index is -2.62. The van der Waals surface area contributed by atoms with Gasteiger partial charge in [-0.25, -0.2) is 0 Å². The molecular weight excluding hydrogens is 155 g/mol. The van der Waals surface area contributed by atoms with E-state index in [-0.39, 0.29) is 0 Å². The van der Waals surface area contributed by atoms with Crippen LogP contribution in [0.3, 0.4) is 0 Å². The summed E-state index contributed by atoms with van der Waals surface area (Å²) in [5.74, 6) is 0. The Bertz CT molecular complexity index is 119. The van der Waals surface area contributed by atoms with E-state index in [1.54, 1.807) is 24.8 Å². The monoisotopic (exact) mass is 162 g/mol. The summed E-state index contributed by atoms with van der Waals surface area (Å²) in [6.45, 7) is 0. The smallest absolute Gasteiger partial charge is 0.324 e. The molecule has 0 aliphatic carbocycles. The third-order valence-electron chi connectivity index (χ3n) is 0.478. The number of hydrogen-bond donors (Lipinski definition) is 3. The summed E-state index contributed by atoms with van der Waals surface area (Å²) in [4.78, 5) is 29.1. The summed E-state index contributed by atoms with van der Waals surface area (Å²) in [5, 5.41) is 0. The molecule has 56 valence electrons. The highest BCUT2D eigenvalue weighted by Crippen LogP contribution is 2.11. The molecule has 1 rings (SSSR count). The van der Waals surface area contributed by atoms with Gasteiger partial charge in [0.2, 0.25) is 0 Å². The van der Waals surface area contributed by atoms with Gasteiger partial charge in [0.15, 0.2) is 0 Å². The van der Waals surface area contributed by atoms with Crippen molar-refractivity contribution < 1.29 is 14.7 Å². The lowest BCUT2D eigenvalue weighted by Gasteiger charge is -1.76. The highest BCUT2D eigenvalue weighted by Gasteiger charge is 1.76. The van der Waals surface area contributed by atoms with Crippen LogP contribution < -0.4 is 0 Å². The molecule has 0 bridgehead atoms. The van der Waals surface area contributed by atoms with Crippen LogP contribution in [0.1, 0.15) is 0 Å². The van der Waals surface area contributed by atoms with Crippen molar-refractivity contribution in [3.63, 3.8) is 0 Å². The van der Waals surface area contributed by atoms with Crippen LogP contribution in [0, 0.1) is 0 Å². The fourth-order valence-electron chi connectivity index (χ4n) is 0.253. The van der Waals surface area contributed by atoms with Gasteiger partial charge in [-0.3, -0.25) is 9.97 Å². The van der Waals surface area contributed by atoms with Crippen molar-refractivity contribution in [1.29, 1.82) is 0 Å². The fraction of sp³-hybridized carbons (Fsp3) is 0. The van der Waals surface area contributed by atoms with Gasteiger partial charge in [0.25, 0.3) is 0 Å². The molecule has 0 unspecified atom stereocenters. The first-order chi connectivity index (χ1) is 4.73. The zero-order valence-electron chi connectivity index (χ0n) is 4.99. The highest BCUT2D eigenvalue weighted by molar-refractivity contribution is 7.38. The highest BCUT2D eigenvalue weighted by atomic mass is 31.2. The Balaban J connectivity index is 0.000000180. The zero-order chi connectivity index (χ0) is 7.82. The van der Waals surface area contributed by atoms with Gasteiger partial charge in [-0.2, -0.15) is 0 Å². The van der Waals surface area contributed by atoms with Crippen LogP contribution in [0.5, 0.6) is 0 Å². The molecule has 0 saturated carbocycles. The maximum Gasteiger partial charge on any atom is 0.324 e. The van der Waals surface area contributed by atoms with Gasteiger partial charge in [0.05, 0.1) is 0 Å². The number of hydrogen-bond acceptors (Lipinski definition) is 5. The van der Waals surface area contributed by atoms with E-state index in [9.17, 15) is 0 Å². The SMILES string of the molecule is OP(O)O.c1cnccn1. The molecule has 0 saturated heterocycles. The molecule has 0 aliphatic rings. The van der Waals surface area contributed by atoms with Crippen molar-refractivity contribution in [3.8, 4) is 0 Å². The molecule has 1 aromatic heterocycles. The van der Waals surface area contributed by atoms with E-state index in [0.717, 1.165) is 0 Å². The summed E-state index contributed by atoms with van der Waals surface area (Å²) in [5.41, 5.74) is 0. The molecular formula is C4H7N2O3P. The maximum absolute atomic E-state index is 7.23. The summed E-state index contributed by atoms with van der Waals surface area (Å²) in [6, 6.07) is 0. The molecule has 0 atom stereocenters. The van der Waals surface area contributed by atoms with E-state index in [4.69, 9.17) is 14.7 Å². The Morgan fingerprint density at radius 2 is 1.00 bits per heavy atom. The van der Waals surface area contributed by atoms with Crippen LogP contribution in [0.4, 0.5) is 0 Å². The first-order valence-corrected chi connectivity index (χ1v) is 3.50. The van der Waals surface area contributed by atoms with Crippen LogP contribution in [-0.2, 0) is 0 Å². The van der Waals surface area contributed by atoms with Crippen molar-refractivity contribution in [2.45, 2.75) is 0 Å². The van der Waals surface area contributed by atoms with Gasteiger partial charge >= 0.3 is 8.60 Å². The van der Waals surface area contributed by atoms with Gasteiger partial charge in [-0.15, -0.1) is 0 Å². The van der Waals surface area contributed by atoms with E-state index < -0.39 is 8.60 Å². The van der Waals surface area contributed by atoms with Crippen LogP contribution in [-0.4, -0.2) is 24.6 Å². The average molecular weight is 162 g/mol. The van der Waals surface area contributed by atoms with Gasteiger partial charge in [0, 0.05) is 24.8 Å². The Morgan fingerprint density at radius 3 is 1.10 bits per heavy atom. The predicted octanol–water partition coefficient (Wildman–Crippen LogP) is -0.333. The normalized spacial score (nSPS) is 8.40. The lowest BCUT2D eigenvalue weighted by molar-refractivity contribution is 0.368. The summed E-state index contributed by atoms with van der Waals surface area (Å²) < 4.78 is 0. The van der Waals surface area contributed by atoms with E-state index in [2.05, 4.69) is 9.97 Å². The molecule has 0 amide bonds. The second-order valence-corrected chi connectivity index (χ2v) is 1.70. The number of aromatic nitrogens is 2. The molecule has 0 radical (unpaired) electrons. The van der Waals surface area contributed by atoms with Gasteiger partial charge in [-0.1, -0.05) is 0 Å². The first-order valence-electron chi connectivity index (χ1n) is 2.30. The summed E-state index contributed by atoms with van der Waals surface area (Å²) >= 11 is 0. The van der Waals surface area contributed by atoms with Crippen molar-refractivity contribution in [3.05, 3.63) is 24.8 Å². The summed E-state index contributed by atoms with van der Waals surface area (Å²) in [6.07, 6.45) is 6.56. The minimum Gasteiger partial charge on any atom is -0.328 e. The predicted molar refractivity (Wildman–Crippen MR) is 35.6 cm³/mol. The largest absolute Gasteiger partial charge is 0.328 e. The van der Waals surface area contributed by atoms with E-state index in [0.29, 0.717) is 0 Å². The molecule has 0 aromatic carbocycles. The lowest BCUT2D eigenvalue weighted by Crippen LogP contribution is -1.66. The molecule has 0 spiro atoms. The molecule has 1 aromatic rings. The Hall–Kier alpha value is -0.610. The topological polar surface area (TPSA) is 86.5 Å². The third-order valence-corrected chi connectivity index (χ3v) is 0.478.